The topological polar surface area (TPSA) is 83.4 Å². The van der Waals surface area contributed by atoms with Gasteiger partial charge in [-0.25, -0.2) is 13.1 Å². The van der Waals surface area contributed by atoms with Gasteiger partial charge < -0.3 is 9.47 Å². The van der Waals surface area contributed by atoms with Gasteiger partial charge in [-0.05, 0) is 26.9 Å². The first-order valence-electron chi connectivity index (χ1n) is 7.48. The number of sulfonamides is 1. The molecule has 1 aromatic rings. The van der Waals surface area contributed by atoms with E-state index in [9.17, 15) is 8.42 Å². The van der Waals surface area contributed by atoms with Gasteiger partial charge in [0.15, 0.2) is 0 Å². The van der Waals surface area contributed by atoms with Crippen molar-refractivity contribution in [1.82, 2.24) is 29.3 Å². The van der Waals surface area contributed by atoms with Crippen LogP contribution in [0.15, 0.2) is 0 Å². The Labute approximate surface area is 132 Å². The average Bonchev–Trinajstić information content (AvgIpc) is 3.00. The zero-order valence-corrected chi connectivity index (χ0v) is 14.6. The zero-order chi connectivity index (χ0) is 16.3. The predicted molar refractivity (Wildman–Crippen MR) is 84.9 cm³/mol. The first kappa shape index (κ1) is 17.3. The second kappa shape index (κ2) is 7.03. The molecule has 1 atom stereocenters. The van der Waals surface area contributed by atoms with Crippen molar-refractivity contribution in [1.29, 1.82) is 0 Å². The number of nitrogens with zero attached hydrogens (tertiary/aromatic N) is 5. The Kier molecular flexibility index (Phi) is 5.54. The molecule has 1 aromatic heterocycles. The van der Waals surface area contributed by atoms with Crippen LogP contribution in [0, 0.1) is 6.92 Å². The van der Waals surface area contributed by atoms with Crippen LogP contribution in [-0.4, -0.2) is 78.5 Å². The molecule has 0 aliphatic carbocycles. The second-order valence-electron chi connectivity index (χ2n) is 6.05. The normalized spacial score (nSPS) is 20.1. The first-order valence-corrected chi connectivity index (χ1v) is 9.37. The molecule has 0 amide bonds. The molecule has 1 unspecified atom stereocenters. The number of aromatic nitrogens is 3. The second-order valence-corrected chi connectivity index (χ2v) is 7.88. The molecule has 0 spiro atoms. The number of nitrogens with one attached hydrogen (secondary N) is 1. The monoisotopic (exact) mass is 330 g/mol. The standard InChI is InChI=1S/C13H26N6O2S/c1-11-15-16-13(18(11)3)10-17(2)12-5-7-19(9-12)8-6-14-22(4,20)21/h12,14H,5-10H2,1-4H3. The summed E-state index contributed by atoms with van der Waals surface area (Å²) in [5.74, 6) is 1.89. The molecular formula is C13H26N6O2S. The highest BCUT2D eigenvalue weighted by atomic mass is 32.2. The SMILES string of the molecule is Cc1nnc(CN(C)C2CCN(CCNS(C)(=O)=O)C2)n1C. The van der Waals surface area contributed by atoms with Gasteiger partial charge in [-0.3, -0.25) is 4.90 Å². The summed E-state index contributed by atoms with van der Waals surface area (Å²) in [6.45, 7) is 5.90. The smallest absolute Gasteiger partial charge is 0.208 e. The van der Waals surface area contributed by atoms with Gasteiger partial charge in [0.25, 0.3) is 0 Å². The maximum Gasteiger partial charge on any atom is 0.208 e. The fraction of sp³-hybridized carbons (Fsp3) is 0.846. The van der Waals surface area contributed by atoms with Crippen LogP contribution in [0.25, 0.3) is 0 Å². The van der Waals surface area contributed by atoms with Crippen LogP contribution in [0.4, 0.5) is 0 Å². The number of hydrogen-bond donors (Lipinski definition) is 1. The van der Waals surface area contributed by atoms with E-state index in [1.165, 1.54) is 6.26 Å². The van der Waals surface area contributed by atoms with Gasteiger partial charge in [-0.15, -0.1) is 10.2 Å². The van der Waals surface area contributed by atoms with Crippen molar-refractivity contribution >= 4 is 10.0 Å². The Hall–Kier alpha value is -1.03. The molecule has 0 bridgehead atoms. The van der Waals surface area contributed by atoms with Crippen molar-refractivity contribution in [3.05, 3.63) is 11.6 Å². The number of rotatable bonds is 7. The van der Waals surface area contributed by atoms with E-state index in [1.807, 2.05) is 18.5 Å². The molecule has 22 heavy (non-hydrogen) atoms. The van der Waals surface area contributed by atoms with Crippen molar-refractivity contribution < 1.29 is 8.42 Å². The Morgan fingerprint density at radius 3 is 2.73 bits per heavy atom. The molecule has 0 aromatic carbocycles. The van der Waals surface area contributed by atoms with E-state index in [4.69, 9.17) is 0 Å². The molecule has 1 saturated heterocycles. The quantitative estimate of drug-likeness (QED) is 0.703. The summed E-state index contributed by atoms with van der Waals surface area (Å²) in [5, 5.41) is 8.29. The summed E-state index contributed by atoms with van der Waals surface area (Å²) in [6.07, 6.45) is 2.28. The third kappa shape index (κ3) is 4.73. The molecule has 0 radical (unpaired) electrons. The zero-order valence-electron chi connectivity index (χ0n) is 13.8. The number of aryl methyl sites for hydroxylation is 1. The molecular weight excluding hydrogens is 304 g/mol. The molecule has 1 N–H and O–H groups in total. The van der Waals surface area contributed by atoms with E-state index < -0.39 is 10.0 Å². The molecule has 8 nitrogen and oxygen atoms in total. The van der Waals surface area contributed by atoms with Crippen LogP contribution in [0.5, 0.6) is 0 Å². The van der Waals surface area contributed by atoms with Crippen molar-refractivity contribution in [3.8, 4) is 0 Å². The Bertz CT molecular complexity index is 600. The predicted octanol–water partition coefficient (Wildman–Crippen LogP) is -0.821. The lowest BCUT2D eigenvalue weighted by Gasteiger charge is -2.24. The van der Waals surface area contributed by atoms with E-state index in [2.05, 4.69) is 31.8 Å². The van der Waals surface area contributed by atoms with Crippen LogP contribution in [0.1, 0.15) is 18.1 Å². The van der Waals surface area contributed by atoms with Crippen molar-refractivity contribution in [2.45, 2.75) is 25.9 Å². The van der Waals surface area contributed by atoms with Crippen molar-refractivity contribution in [3.63, 3.8) is 0 Å². The molecule has 2 rings (SSSR count). The van der Waals surface area contributed by atoms with E-state index in [1.54, 1.807) is 0 Å². The molecule has 126 valence electrons. The van der Waals surface area contributed by atoms with Crippen LogP contribution in [0.2, 0.25) is 0 Å². The van der Waals surface area contributed by atoms with Gasteiger partial charge in [0, 0.05) is 32.7 Å². The Morgan fingerprint density at radius 1 is 1.41 bits per heavy atom. The lowest BCUT2D eigenvalue weighted by molar-refractivity contribution is 0.219. The van der Waals surface area contributed by atoms with Crippen LogP contribution in [-0.2, 0) is 23.6 Å². The molecule has 0 saturated carbocycles. The first-order chi connectivity index (χ1) is 10.3. The van der Waals surface area contributed by atoms with Crippen LogP contribution in [0.3, 0.4) is 0 Å². The van der Waals surface area contributed by atoms with Gasteiger partial charge in [-0.1, -0.05) is 0 Å². The summed E-state index contributed by atoms with van der Waals surface area (Å²) < 4.78 is 26.7. The average molecular weight is 330 g/mol. The number of likely N-dealkylation sites (N-methyl/N-ethyl adjacent to an activating group) is 1. The molecule has 1 aliphatic heterocycles. The Morgan fingerprint density at radius 2 is 2.14 bits per heavy atom. The fourth-order valence-electron chi connectivity index (χ4n) is 2.71. The fourth-order valence-corrected chi connectivity index (χ4v) is 3.17. The largest absolute Gasteiger partial charge is 0.317 e. The maximum absolute atomic E-state index is 11.1. The van der Waals surface area contributed by atoms with Gasteiger partial charge >= 0.3 is 0 Å². The lowest BCUT2D eigenvalue weighted by Crippen LogP contribution is -2.37. The Balaban J connectivity index is 1.78. The molecule has 9 heteroatoms. The highest BCUT2D eigenvalue weighted by Crippen LogP contribution is 2.15. The van der Waals surface area contributed by atoms with E-state index in [0.717, 1.165) is 44.2 Å². The summed E-state index contributed by atoms with van der Waals surface area (Å²) in [6, 6.07) is 0.468. The third-order valence-electron chi connectivity index (χ3n) is 4.24. The van der Waals surface area contributed by atoms with Crippen molar-refractivity contribution in [2.24, 2.45) is 7.05 Å². The highest BCUT2D eigenvalue weighted by molar-refractivity contribution is 7.88. The third-order valence-corrected chi connectivity index (χ3v) is 4.97. The molecule has 1 fully saturated rings. The molecule has 2 heterocycles. The summed E-state index contributed by atoms with van der Waals surface area (Å²) in [7, 11) is 0.993. The summed E-state index contributed by atoms with van der Waals surface area (Å²) in [5.41, 5.74) is 0. The van der Waals surface area contributed by atoms with Crippen molar-refractivity contribution in [2.75, 3.05) is 39.5 Å². The van der Waals surface area contributed by atoms with Crippen LogP contribution < -0.4 is 4.72 Å². The van der Waals surface area contributed by atoms with E-state index in [-0.39, 0.29) is 0 Å². The van der Waals surface area contributed by atoms with Crippen LogP contribution >= 0.6 is 0 Å². The summed E-state index contributed by atoms with van der Waals surface area (Å²) in [4.78, 5) is 4.59. The number of hydrogen-bond acceptors (Lipinski definition) is 6. The van der Waals surface area contributed by atoms with Gasteiger partial charge in [-0.2, -0.15) is 0 Å². The van der Waals surface area contributed by atoms with Gasteiger partial charge in [0.05, 0.1) is 12.8 Å². The minimum absolute atomic E-state index is 0.468. The lowest BCUT2D eigenvalue weighted by atomic mass is 10.2. The minimum atomic E-state index is -3.09. The number of likely N-dealkylation sites (tertiary alicyclic amines) is 1. The highest BCUT2D eigenvalue weighted by Gasteiger charge is 2.26. The van der Waals surface area contributed by atoms with Gasteiger partial charge in [0.2, 0.25) is 10.0 Å². The molecule has 1 aliphatic rings. The maximum atomic E-state index is 11.1. The minimum Gasteiger partial charge on any atom is -0.317 e. The van der Waals surface area contributed by atoms with E-state index in [0.29, 0.717) is 12.6 Å². The van der Waals surface area contributed by atoms with E-state index >= 15 is 0 Å². The summed E-state index contributed by atoms with van der Waals surface area (Å²) >= 11 is 0. The van der Waals surface area contributed by atoms with Gasteiger partial charge in [0.1, 0.15) is 11.6 Å².